The van der Waals surface area contributed by atoms with E-state index in [0.29, 0.717) is 17.1 Å². The van der Waals surface area contributed by atoms with Crippen LogP contribution in [0.25, 0.3) is 0 Å². The number of nitriles is 1. The molecule has 0 aliphatic carbocycles. The van der Waals surface area contributed by atoms with Crippen molar-refractivity contribution in [3.05, 3.63) is 66.0 Å². The first-order valence-electron chi connectivity index (χ1n) is 7.50. The minimum absolute atomic E-state index is 0.111. The van der Waals surface area contributed by atoms with Crippen LogP contribution in [-0.2, 0) is 9.53 Å². The molecule has 1 aromatic heterocycles. The molecule has 0 bridgehead atoms. The molecule has 0 aliphatic heterocycles. The summed E-state index contributed by atoms with van der Waals surface area (Å²) < 4.78 is 4.89. The van der Waals surface area contributed by atoms with E-state index in [4.69, 9.17) is 10.00 Å². The molecule has 0 unspecified atom stereocenters. The number of esters is 1. The molecule has 1 amide bonds. The van der Waals surface area contributed by atoms with Gasteiger partial charge in [0.15, 0.2) is 0 Å². The summed E-state index contributed by atoms with van der Waals surface area (Å²) in [6.45, 7) is 2.01. The van der Waals surface area contributed by atoms with Crippen molar-refractivity contribution < 1.29 is 14.3 Å². The quantitative estimate of drug-likeness (QED) is 0.477. The Labute approximate surface area is 145 Å². The number of hydrogen-bond acceptors (Lipinski definition) is 6. The highest BCUT2D eigenvalue weighted by Gasteiger charge is 2.11. The van der Waals surface area contributed by atoms with Gasteiger partial charge in [0.1, 0.15) is 17.5 Å². The molecule has 0 spiro atoms. The number of carbonyl (C=O) groups is 2. The molecule has 1 aromatic carbocycles. The maximum absolute atomic E-state index is 12.1. The Hall–Kier alpha value is -3.66. The predicted octanol–water partition coefficient (Wildman–Crippen LogP) is 2.72. The monoisotopic (exact) mass is 336 g/mol. The van der Waals surface area contributed by atoms with Gasteiger partial charge in [0, 0.05) is 18.1 Å². The topological polar surface area (TPSA) is 104 Å². The zero-order chi connectivity index (χ0) is 18.1. The fourth-order valence-corrected chi connectivity index (χ4v) is 1.85. The molecule has 25 heavy (non-hydrogen) atoms. The van der Waals surface area contributed by atoms with Crippen molar-refractivity contribution in [2.45, 2.75) is 6.92 Å². The summed E-state index contributed by atoms with van der Waals surface area (Å²) in [5.41, 5.74) is 0.727. The minimum Gasteiger partial charge on any atom is -0.462 e. The Kier molecular flexibility index (Phi) is 6.25. The molecular weight excluding hydrogens is 320 g/mol. The molecule has 1 heterocycles. The number of rotatable bonds is 6. The largest absolute Gasteiger partial charge is 0.462 e. The van der Waals surface area contributed by atoms with Crippen molar-refractivity contribution in [1.29, 1.82) is 5.26 Å². The molecule has 0 radical (unpaired) electrons. The van der Waals surface area contributed by atoms with E-state index in [9.17, 15) is 9.59 Å². The summed E-state index contributed by atoms with van der Waals surface area (Å²) in [5, 5.41) is 14.5. The van der Waals surface area contributed by atoms with E-state index in [-0.39, 0.29) is 12.2 Å². The summed E-state index contributed by atoms with van der Waals surface area (Å²) in [6.07, 6.45) is 2.87. The predicted molar refractivity (Wildman–Crippen MR) is 92.6 cm³/mol. The number of ether oxygens (including phenoxy) is 1. The Morgan fingerprint density at radius 1 is 1.24 bits per heavy atom. The summed E-state index contributed by atoms with van der Waals surface area (Å²) >= 11 is 0. The van der Waals surface area contributed by atoms with Crippen LogP contribution in [-0.4, -0.2) is 23.5 Å². The van der Waals surface area contributed by atoms with Gasteiger partial charge in [-0.15, -0.1) is 0 Å². The van der Waals surface area contributed by atoms with E-state index >= 15 is 0 Å². The molecule has 7 heteroatoms. The van der Waals surface area contributed by atoms with Crippen LogP contribution in [0, 0.1) is 11.3 Å². The first-order valence-corrected chi connectivity index (χ1v) is 7.50. The third kappa shape index (κ3) is 5.18. The van der Waals surface area contributed by atoms with Gasteiger partial charge in [0.25, 0.3) is 5.91 Å². The van der Waals surface area contributed by atoms with Crippen molar-refractivity contribution in [2.24, 2.45) is 0 Å². The zero-order valence-corrected chi connectivity index (χ0v) is 13.5. The molecule has 0 atom stereocenters. The fourth-order valence-electron chi connectivity index (χ4n) is 1.85. The van der Waals surface area contributed by atoms with Crippen LogP contribution in [0.5, 0.6) is 0 Å². The second kappa shape index (κ2) is 8.84. The number of benzene rings is 1. The molecule has 7 nitrogen and oxygen atoms in total. The number of nitrogens with zero attached hydrogens (tertiary/aromatic N) is 2. The maximum atomic E-state index is 12.1. The minimum atomic E-state index is -0.574. The molecule has 126 valence electrons. The van der Waals surface area contributed by atoms with Gasteiger partial charge in [-0.1, -0.05) is 6.07 Å². The lowest BCUT2D eigenvalue weighted by Crippen LogP contribution is -2.15. The summed E-state index contributed by atoms with van der Waals surface area (Å²) in [5.74, 6) is -0.491. The number of pyridine rings is 1. The van der Waals surface area contributed by atoms with Crippen LogP contribution in [0.1, 0.15) is 17.3 Å². The number of amides is 1. The van der Waals surface area contributed by atoms with E-state index in [2.05, 4.69) is 15.6 Å². The zero-order valence-electron chi connectivity index (χ0n) is 13.5. The van der Waals surface area contributed by atoms with Crippen molar-refractivity contribution in [3.63, 3.8) is 0 Å². The molecule has 2 aromatic rings. The van der Waals surface area contributed by atoms with Gasteiger partial charge in [0.2, 0.25) is 0 Å². The lowest BCUT2D eigenvalue weighted by atomic mass is 10.2. The van der Waals surface area contributed by atoms with Crippen molar-refractivity contribution >= 4 is 23.4 Å². The summed E-state index contributed by atoms with van der Waals surface area (Å²) in [6, 6.07) is 13.3. The number of nitrogens with one attached hydrogen (secondary N) is 2. The fraction of sp³-hybridized carbons (Fsp3) is 0.111. The maximum Gasteiger partial charge on any atom is 0.338 e. The summed E-state index contributed by atoms with van der Waals surface area (Å²) in [4.78, 5) is 27.7. The lowest BCUT2D eigenvalue weighted by molar-refractivity contribution is -0.112. The van der Waals surface area contributed by atoms with Crippen LogP contribution in [0.4, 0.5) is 11.5 Å². The first kappa shape index (κ1) is 17.7. The van der Waals surface area contributed by atoms with Gasteiger partial charge < -0.3 is 15.4 Å². The lowest BCUT2D eigenvalue weighted by Gasteiger charge is -2.06. The van der Waals surface area contributed by atoms with Crippen LogP contribution < -0.4 is 10.6 Å². The molecule has 0 saturated carbocycles. The van der Waals surface area contributed by atoms with Gasteiger partial charge in [-0.05, 0) is 43.3 Å². The second-order valence-electron chi connectivity index (χ2n) is 4.78. The van der Waals surface area contributed by atoms with Crippen LogP contribution in [0.2, 0.25) is 0 Å². The highest BCUT2D eigenvalue weighted by molar-refractivity contribution is 6.06. The van der Waals surface area contributed by atoms with E-state index < -0.39 is 11.9 Å². The van der Waals surface area contributed by atoms with Crippen LogP contribution in [0.3, 0.4) is 0 Å². The van der Waals surface area contributed by atoms with Crippen LogP contribution >= 0.6 is 0 Å². The molecular formula is C18H16N4O3. The highest BCUT2D eigenvalue weighted by Crippen LogP contribution is 2.12. The second-order valence-corrected chi connectivity index (χ2v) is 4.78. The smallest absolute Gasteiger partial charge is 0.338 e. The normalized spacial score (nSPS) is 10.5. The van der Waals surface area contributed by atoms with Crippen molar-refractivity contribution in [1.82, 2.24) is 4.98 Å². The van der Waals surface area contributed by atoms with E-state index in [1.54, 1.807) is 43.5 Å². The third-order valence-electron chi connectivity index (χ3n) is 3.05. The van der Waals surface area contributed by atoms with Gasteiger partial charge in [-0.3, -0.25) is 4.79 Å². The molecule has 2 rings (SSSR count). The molecule has 0 fully saturated rings. The number of aromatic nitrogens is 1. The van der Waals surface area contributed by atoms with E-state index in [1.165, 1.54) is 18.3 Å². The SMILES string of the molecule is CCOC(=O)c1ccc(NC(=O)/C(C#N)=C\Nc2ccccn2)cc1. The molecule has 0 aliphatic rings. The van der Waals surface area contributed by atoms with E-state index in [1.807, 2.05) is 6.07 Å². The standard InChI is InChI=1S/C18H16N4O3/c1-2-25-18(24)13-6-8-15(9-7-13)22-17(23)14(11-19)12-21-16-5-3-4-10-20-16/h3-10,12H,2H2,1H3,(H,20,21)(H,22,23)/b14-12-. The number of anilines is 2. The number of hydrogen-bond donors (Lipinski definition) is 2. The first-order chi connectivity index (χ1) is 12.1. The van der Waals surface area contributed by atoms with E-state index in [0.717, 1.165) is 0 Å². The van der Waals surface area contributed by atoms with Gasteiger partial charge >= 0.3 is 5.97 Å². The van der Waals surface area contributed by atoms with Gasteiger partial charge in [-0.2, -0.15) is 5.26 Å². The average molecular weight is 336 g/mol. The highest BCUT2D eigenvalue weighted by atomic mass is 16.5. The molecule has 0 saturated heterocycles. The van der Waals surface area contributed by atoms with Gasteiger partial charge in [0.05, 0.1) is 12.2 Å². The number of carbonyl (C=O) groups excluding carboxylic acids is 2. The van der Waals surface area contributed by atoms with Crippen LogP contribution in [0.15, 0.2) is 60.4 Å². The van der Waals surface area contributed by atoms with Crippen molar-refractivity contribution in [2.75, 3.05) is 17.2 Å². The Balaban J connectivity index is 2.02. The Morgan fingerprint density at radius 2 is 2.00 bits per heavy atom. The van der Waals surface area contributed by atoms with Gasteiger partial charge in [-0.25, -0.2) is 9.78 Å². The van der Waals surface area contributed by atoms with Crippen molar-refractivity contribution in [3.8, 4) is 6.07 Å². The Morgan fingerprint density at radius 3 is 2.60 bits per heavy atom. The molecule has 2 N–H and O–H groups in total. The average Bonchev–Trinajstić information content (AvgIpc) is 2.64. The summed E-state index contributed by atoms with van der Waals surface area (Å²) in [7, 11) is 0. The third-order valence-corrected chi connectivity index (χ3v) is 3.05. The Bertz CT molecular complexity index is 808.